The van der Waals surface area contributed by atoms with Gasteiger partial charge in [-0.05, 0) is 109 Å². The Balaban J connectivity index is 4.83. The van der Waals surface area contributed by atoms with Gasteiger partial charge < -0.3 is 24.2 Å². The van der Waals surface area contributed by atoms with Gasteiger partial charge in [0.15, 0.2) is 6.10 Å². The van der Waals surface area contributed by atoms with Gasteiger partial charge in [-0.15, -0.1) is 0 Å². The molecule has 0 aliphatic rings. The van der Waals surface area contributed by atoms with Crippen LogP contribution in [0.15, 0.2) is 97.2 Å². The van der Waals surface area contributed by atoms with E-state index in [0.29, 0.717) is 25.7 Å². The van der Waals surface area contributed by atoms with Crippen LogP contribution in [0.1, 0.15) is 226 Å². The van der Waals surface area contributed by atoms with Crippen LogP contribution in [0.4, 0.5) is 0 Å². The van der Waals surface area contributed by atoms with E-state index in [1.807, 2.05) is 12.2 Å². The molecule has 3 atom stereocenters. The topological polar surface area (TPSA) is 155 Å². The number of allylic oxidation sites excluding steroid dienone is 16. The van der Waals surface area contributed by atoms with Crippen molar-refractivity contribution in [2.75, 3.05) is 26.4 Å². The average Bonchev–Trinajstić information content (AvgIpc) is 3.37. The maximum atomic E-state index is 12.9. The van der Waals surface area contributed by atoms with Gasteiger partial charge in [0.05, 0.1) is 19.8 Å². The number of hydrogen-bond acceptors (Lipinski definition) is 10. The molecule has 0 radical (unpaired) electrons. The van der Waals surface area contributed by atoms with Crippen LogP contribution in [0.25, 0.3) is 0 Å². The third kappa shape index (κ3) is 51.3. The summed E-state index contributed by atoms with van der Waals surface area (Å²) in [5.74, 6) is -1.57. The fraction of sp³-hybridized carbons (Fsp3) is 0.683. The Hall–Kier alpha value is -3.60. The second-order valence-corrected chi connectivity index (χ2v) is 19.8. The van der Waals surface area contributed by atoms with E-state index in [0.717, 1.165) is 122 Å². The maximum Gasteiger partial charge on any atom is 0.472 e. The van der Waals surface area contributed by atoms with Crippen molar-refractivity contribution in [2.24, 2.45) is 0 Å². The Labute approximate surface area is 438 Å². The summed E-state index contributed by atoms with van der Waals surface area (Å²) in [5.41, 5.74) is 0. The molecule has 0 heterocycles. The van der Waals surface area contributed by atoms with Crippen LogP contribution >= 0.6 is 7.82 Å². The molecule has 0 fully saturated rings. The molecule has 0 amide bonds. The lowest BCUT2D eigenvalue weighted by Crippen LogP contribution is -2.30. The predicted molar refractivity (Wildman–Crippen MR) is 297 cm³/mol. The van der Waals surface area contributed by atoms with Gasteiger partial charge in [0.25, 0.3) is 0 Å². The molecular weight excluding hydrogens is 928 g/mol. The molecular formula is C60H101O11P. The lowest BCUT2D eigenvalue weighted by molar-refractivity contribution is -0.161. The maximum absolute atomic E-state index is 12.9. The summed E-state index contributed by atoms with van der Waals surface area (Å²) >= 11 is 0. The van der Waals surface area contributed by atoms with Crippen molar-refractivity contribution in [1.82, 2.24) is 0 Å². The van der Waals surface area contributed by atoms with Crippen LogP contribution in [0, 0.1) is 0 Å². The Morgan fingerprint density at radius 1 is 0.403 bits per heavy atom. The summed E-state index contributed by atoms with van der Waals surface area (Å²) < 4.78 is 39.4. The number of rotatable bonds is 51. The molecule has 0 spiro atoms. The first-order chi connectivity index (χ1) is 35.2. The van der Waals surface area contributed by atoms with Crippen LogP contribution in [0.5, 0.6) is 0 Å². The van der Waals surface area contributed by atoms with E-state index < -0.39 is 57.8 Å². The van der Waals surface area contributed by atoms with Crippen molar-refractivity contribution in [3.8, 4) is 0 Å². The summed E-state index contributed by atoms with van der Waals surface area (Å²) in [6.45, 7) is 4.36. The molecule has 412 valence electrons. The highest BCUT2D eigenvalue weighted by Gasteiger charge is 2.28. The van der Waals surface area contributed by atoms with E-state index in [-0.39, 0.29) is 25.9 Å². The normalized spacial score (nSPS) is 14.1. The van der Waals surface area contributed by atoms with E-state index in [1.54, 1.807) is 0 Å². The molecule has 3 unspecified atom stereocenters. The van der Waals surface area contributed by atoms with Gasteiger partial charge in [0, 0.05) is 19.3 Å². The minimum atomic E-state index is -4.77. The van der Waals surface area contributed by atoms with Crippen molar-refractivity contribution in [2.45, 2.75) is 238 Å². The quantitative estimate of drug-likeness (QED) is 0.0197. The molecule has 12 heteroatoms. The van der Waals surface area contributed by atoms with E-state index in [9.17, 15) is 28.9 Å². The van der Waals surface area contributed by atoms with Crippen LogP contribution in [-0.2, 0) is 42.2 Å². The number of aliphatic hydroxyl groups excluding tert-OH is 1. The predicted octanol–water partition coefficient (Wildman–Crippen LogP) is 16.5. The minimum Gasteiger partial charge on any atom is -0.462 e. The fourth-order valence-electron chi connectivity index (χ4n) is 7.19. The molecule has 0 saturated heterocycles. The molecule has 72 heavy (non-hydrogen) atoms. The molecule has 0 aromatic carbocycles. The standard InChI is InChI=1S/C60H101O11P/c1-4-7-10-13-16-19-22-25-27-28-30-33-36-39-42-45-48-51-60(64)71-57(53-67-58(62)49-46-43-40-37-34-31-24-21-18-15-12-9-6-3)55-69-72(65,66)68-54-56(52-61)70-59(63)50-47-44-41-38-35-32-29-26-23-20-17-14-11-8-5-2/h7,10,12,15-16,19,21,24-27,29-30,33,39,42,56-57,61H,4-6,8-9,11,13-14,17-18,20,22-23,28,31-32,34-38,40-41,43-55H2,1-3H3,(H,65,66)/b10-7-,15-12-,19-16-,24-21-,27-25-,29-26-,33-30-,42-39-. The SMILES string of the molecule is CC/C=C\C/C=C\C/C=C\C/C=C\C/C=C\CCCC(=O)OC(COC(=O)CCCCCCC/C=C\C/C=C\CCC)COP(=O)(O)OCC(CO)OC(=O)CCCCCCC/C=C\CCCCCCCC. The Bertz CT molecular complexity index is 1580. The molecule has 0 aliphatic heterocycles. The van der Waals surface area contributed by atoms with E-state index >= 15 is 0 Å². The minimum absolute atomic E-state index is 0.0817. The third-order valence-corrected chi connectivity index (χ3v) is 12.4. The molecule has 0 rings (SSSR count). The second kappa shape index (κ2) is 53.7. The lowest BCUT2D eigenvalue weighted by Gasteiger charge is -2.21. The number of phosphoric acid groups is 1. The Morgan fingerprint density at radius 2 is 0.764 bits per heavy atom. The van der Waals surface area contributed by atoms with E-state index in [1.165, 1.54) is 38.5 Å². The van der Waals surface area contributed by atoms with Crippen LogP contribution in [0.2, 0.25) is 0 Å². The number of unbranched alkanes of at least 4 members (excludes halogenated alkanes) is 18. The summed E-state index contributed by atoms with van der Waals surface area (Å²) in [4.78, 5) is 48.4. The monoisotopic (exact) mass is 1030 g/mol. The van der Waals surface area contributed by atoms with E-state index in [2.05, 4.69) is 106 Å². The van der Waals surface area contributed by atoms with Gasteiger partial charge >= 0.3 is 25.7 Å². The number of carbonyl (C=O) groups excluding carboxylic acids is 3. The number of aliphatic hydroxyl groups is 1. The van der Waals surface area contributed by atoms with Gasteiger partial charge in [-0.25, -0.2) is 4.57 Å². The molecule has 0 aromatic heterocycles. The molecule has 0 aliphatic carbocycles. The molecule has 0 saturated carbocycles. The molecule has 2 N–H and O–H groups in total. The second-order valence-electron chi connectivity index (χ2n) is 18.4. The first-order valence-electron chi connectivity index (χ1n) is 28.1. The zero-order valence-electron chi connectivity index (χ0n) is 45.4. The lowest BCUT2D eigenvalue weighted by atomic mass is 10.1. The van der Waals surface area contributed by atoms with Gasteiger partial charge in [0.1, 0.15) is 12.7 Å². The third-order valence-electron chi connectivity index (χ3n) is 11.4. The van der Waals surface area contributed by atoms with Crippen LogP contribution in [0.3, 0.4) is 0 Å². The summed E-state index contributed by atoms with van der Waals surface area (Å²) in [6.07, 6.45) is 62.3. The van der Waals surface area contributed by atoms with Gasteiger partial charge in [0.2, 0.25) is 0 Å². The summed E-state index contributed by atoms with van der Waals surface area (Å²) in [5, 5.41) is 9.80. The van der Waals surface area contributed by atoms with Crippen LogP contribution < -0.4 is 0 Å². The number of esters is 3. The molecule has 0 bridgehead atoms. The number of carbonyl (C=O) groups is 3. The van der Waals surface area contributed by atoms with Gasteiger partial charge in [-0.2, -0.15) is 0 Å². The Kier molecular flexibility index (Phi) is 51.0. The van der Waals surface area contributed by atoms with Crippen molar-refractivity contribution in [3.63, 3.8) is 0 Å². The number of phosphoric ester groups is 1. The van der Waals surface area contributed by atoms with Crippen molar-refractivity contribution < 1.29 is 52.2 Å². The number of hydrogen-bond donors (Lipinski definition) is 2. The first kappa shape index (κ1) is 68.4. The van der Waals surface area contributed by atoms with Crippen molar-refractivity contribution in [1.29, 1.82) is 0 Å². The average molecular weight is 1030 g/mol. The van der Waals surface area contributed by atoms with E-state index in [4.69, 9.17) is 23.3 Å². The van der Waals surface area contributed by atoms with Crippen molar-refractivity contribution >= 4 is 25.7 Å². The molecule has 11 nitrogen and oxygen atoms in total. The smallest absolute Gasteiger partial charge is 0.462 e. The van der Waals surface area contributed by atoms with Crippen LogP contribution in [-0.4, -0.2) is 66.5 Å². The summed E-state index contributed by atoms with van der Waals surface area (Å²) in [6, 6.07) is 0. The molecule has 0 aromatic rings. The fourth-order valence-corrected chi connectivity index (χ4v) is 7.97. The number of ether oxygens (including phenoxy) is 3. The zero-order valence-corrected chi connectivity index (χ0v) is 46.3. The highest BCUT2D eigenvalue weighted by molar-refractivity contribution is 7.47. The van der Waals surface area contributed by atoms with Gasteiger partial charge in [-0.3, -0.25) is 23.4 Å². The highest BCUT2D eigenvalue weighted by atomic mass is 31.2. The first-order valence-corrected chi connectivity index (χ1v) is 29.6. The zero-order chi connectivity index (χ0) is 52.7. The van der Waals surface area contributed by atoms with Crippen molar-refractivity contribution in [3.05, 3.63) is 97.2 Å². The van der Waals surface area contributed by atoms with Gasteiger partial charge in [-0.1, -0.05) is 195 Å². The summed E-state index contributed by atoms with van der Waals surface area (Å²) in [7, 11) is -4.77. The Morgan fingerprint density at radius 3 is 1.24 bits per heavy atom. The largest absolute Gasteiger partial charge is 0.472 e. The highest BCUT2D eigenvalue weighted by Crippen LogP contribution is 2.43.